The van der Waals surface area contributed by atoms with Crippen molar-refractivity contribution in [2.45, 2.75) is 25.6 Å². The van der Waals surface area contributed by atoms with Crippen molar-refractivity contribution >= 4 is 10.8 Å². The molecule has 1 aliphatic heterocycles. The predicted molar refractivity (Wildman–Crippen MR) is 72.7 cm³/mol. The molecule has 94 valence electrons. The first-order valence-corrected chi connectivity index (χ1v) is 6.58. The third kappa shape index (κ3) is 2.55. The van der Waals surface area contributed by atoms with Crippen LogP contribution in [0.3, 0.4) is 0 Å². The highest BCUT2D eigenvalue weighted by molar-refractivity contribution is 5.83. The van der Waals surface area contributed by atoms with Crippen molar-refractivity contribution < 1.29 is 9.47 Å². The maximum absolute atomic E-state index is 5.93. The fourth-order valence-electron chi connectivity index (χ4n) is 2.25. The van der Waals surface area contributed by atoms with Gasteiger partial charge in [-0.15, -0.1) is 0 Å². The molecule has 0 amide bonds. The summed E-state index contributed by atoms with van der Waals surface area (Å²) in [5, 5.41) is 2.56. The largest absolute Gasteiger partial charge is 0.371 e. The predicted octanol–water partition coefficient (Wildman–Crippen LogP) is 3.71. The number of benzene rings is 2. The van der Waals surface area contributed by atoms with Crippen LogP contribution < -0.4 is 0 Å². The fraction of sp³-hybridized carbons (Fsp3) is 0.375. The van der Waals surface area contributed by atoms with Crippen LogP contribution in [-0.4, -0.2) is 19.3 Å². The van der Waals surface area contributed by atoms with Gasteiger partial charge in [0.25, 0.3) is 0 Å². The Labute approximate surface area is 108 Å². The van der Waals surface area contributed by atoms with Gasteiger partial charge in [-0.3, -0.25) is 0 Å². The van der Waals surface area contributed by atoms with Gasteiger partial charge >= 0.3 is 0 Å². The summed E-state index contributed by atoms with van der Waals surface area (Å²) >= 11 is 0. The lowest BCUT2D eigenvalue weighted by atomic mass is 10.0. The quantitative estimate of drug-likeness (QED) is 0.746. The lowest BCUT2D eigenvalue weighted by molar-refractivity contribution is 0.0395. The molecular weight excluding hydrogens is 224 g/mol. The maximum atomic E-state index is 5.93. The Morgan fingerprint density at radius 1 is 1.22 bits per heavy atom. The van der Waals surface area contributed by atoms with E-state index in [4.69, 9.17) is 9.47 Å². The molecule has 3 rings (SSSR count). The molecule has 1 fully saturated rings. The molecule has 0 spiro atoms. The minimum absolute atomic E-state index is 0.179. The smallest absolute Gasteiger partial charge is 0.104 e. The summed E-state index contributed by atoms with van der Waals surface area (Å²) in [6, 6.07) is 15.0. The Kier molecular flexibility index (Phi) is 3.31. The zero-order chi connectivity index (χ0) is 12.4. The second-order valence-corrected chi connectivity index (χ2v) is 4.79. The molecule has 1 aliphatic rings. The summed E-state index contributed by atoms with van der Waals surface area (Å²) < 4.78 is 11.1. The fourth-order valence-corrected chi connectivity index (χ4v) is 2.25. The van der Waals surface area contributed by atoms with E-state index in [1.54, 1.807) is 0 Å². The summed E-state index contributed by atoms with van der Waals surface area (Å²) in [6.45, 7) is 3.73. The van der Waals surface area contributed by atoms with Gasteiger partial charge < -0.3 is 9.47 Å². The van der Waals surface area contributed by atoms with Crippen LogP contribution in [-0.2, 0) is 9.47 Å². The second kappa shape index (κ2) is 5.09. The molecule has 2 aromatic carbocycles. The molecule has 1 heterocycles. The summed E-state index contributed by atoms with van der Waals surface area (Å²) in [6.07, 6.45) is 1.50. The summed E-state index contributed by atoms with van der Waals surface area (Å²) in [4.78, 5) is 0. The number of ether oxygens (including phenoxy) is 2. The average Bonchev–Trinajstić information content (AvgIpc) is 3.23. The van der Waals surface area contributed by atoms with Gasteiger partial charge in [0, 0.05) is 0 Å². The van der Waals surface area contributed by atoms with E-state index >= 15 is 0 Å². The van der Waals surface area contributed by atoms with Crippen LogP contribution in [0, 0.1) is 0 Å². The van der Waals surface area contributed by atoms with Gasteiger partial charge in [0.2, 0.25) is 0 Å². The Balaban J connectivity index is 1.81. The van der Waals surface area contributed by atoms with Gasteiger partial charge in [-0.25, -0.2) is 0 Å². The van der Waals surface area contributed by atoms with Crippen LogP contribution >= 0.6 is 0 Å². The molecule has 0 bridgehead atoms. The highest BCUT2D eigenvalue weighted by atomic mass is 16.6. The SMILES string of the molecule is CCC(OCC1CO1)c1ccc2ccccc2c1. The number of epoxide rings is 1. The van der Waals surface area contributed by atoms with Crippen LogP contribution in [0.1, 0.15) is 25.0 Å². The normalized spacial score (nSPS) is 19.9. The van der Waals surface area contributed by atoms with E-state index < -0.39 is 0 Å². The van der Waals surface area contributed by atoms with Gasteiger partial charge in [-0.2, -0.15) is 0 Å². The molecule has 0 saturated carbocycles. The van der Waals surface area contributed by atoms with Crippen molar-refractivity contribution in [2.24, 2.45) is 0 Å². The summed E-state index contributed by atoms with van der Waals surface area (Å²) in [5.74, 6) is 0. The molecular formula is C16H18O2. The standard InChI is InChI=1S/C16H18O2/c1-2-16(18-11-15-10-17-15)14-8-7-12-5-3-4-6-13(12)9-14/h3-9,15-16H,2,10-11H2,1H3. The Morgan fingerprint density at radius 2 is 2.00 bits per heavy atom. The first-order chi connectivity index (χ1) is 8.86. The maximum Gasteiger partial charge on any atom is 0.104 e. The molecule has 0 N–H and O–H groups in total. The monoisotopic (exact) mass is 242 g/mol. The first-order valence-electron chi connectivity index (χ1n) is 6.58. The Morgan fingerprint density at radius 3 is 2.72 bits per heavy atom. The van der Waals surface area contributed by atoms with Crippen molar-refractivity contribution in [2.75, 3.05) is 13.2 Å². The van der Waals surface area contributed by atoms with E-state index in [1.165, 1.54) is 16.3 Å². The molecule has 2 aromatic rings. The molecule has 2 heteroatoms. The Bertz CT molecular complexity index is 531. The molecule has 18 heavy (non-hydrogen) atoms. The van der Waals surface area contributed by atoms with Gasteiger partial charge in [0.05, 0.1) is 19.3 Å². The molecule has 0 aliphatic carbocycles. The van der Waals surface area contributed by atoms with Crippen LogP contribution in [0.15, 0.2) is 42.5 Å². The molecule has 2 unspecified atom stereocenters. The van der Waals surface area contributed by atoms with Crippen LogP contribution in [0.2, 0.25) is 0 Å². The lowest BCUT2D eigenvalue weighted by Crippen LogP contribution is -2.08. The third-order valence-electron chi connectivity index (χ3n) is 3.40. The Hall–Kier alpha value is -1.38. The van der Waals surface area contributed by atoms with Crippen molar-refractivity contribution in [3.63, 3.8) is 0 Å². The summed E-state index contributed by atoms with van der Waals surface area (Å²) in [7, 11) is 0. The number of rotatable bonds is 5. The summed E-state index contributed by atoms with van der Waals surface area (Å²) in [5.41, 5.74) is 1.26. The number of hydrogen-bond acceptors (Lipinski definition) is 2. The minimum Gasteiger partial charge on any atom is -0.371 e. The number of hydrogen-bond donors (Lipinski definition) is 0. The topological polar surface area (TPSA) is 21.8 Å². The molecule has 0 aromatic heterocycles. The highest BCUT2D eigenvalue weighted by Gasteiger charge is 2.24. The molecule has 1 saturated heterocycles. The average molecular weight is 242 g/mol. The van der Waals surface area contributed by atoms with Crippen molar-refractivity contribution in [3.8, 4) is 0 Å². The van der Waals surface area contributed by atoms with E-state index in [1.807, 2.05) is 0 Å². The van der Waals surface area contributed by atoms with Crippen molar-refractivity contribution in [3.05, 3.63) is 48.0 Å². The molecule has 2 nitrogen and oxygen atoms in total. The highest BCUT2D eigenvalue weighted by Crippen LogP contribution is 2.26. The zero-order valence-corrected chi connectivity index (χ0v) is 10.6. The van der Waals surface area contributed by atoms with E-state index in [2.05, 4.69) is 49.4 Å². The van der Waals surface area contributed by atoms with Crippen LogP contribution in [0.5, 0.6) is 0 Å². The minimum atomic E-state index is 0.179. The van der Waals surface area contributed by atoms with E-state index in [0.29, 0.717) is 12.7 Å². The third-order valence-corrected chi connectivity index (χ3v) is 3.40. The second-order valence-electron chi connectivity index (χ2n) is 4.79. The van der Waals surface area contributed by atoms with Crippen LogP contribution in [0.25, 0.3) is 10.8 Å². The van der Waals surface area contributed by atoms with Gasteiger partial charge in [-0.1, -0.05) is 43.3 Å². The zero-order valence-electron chi connectivity index (χ0n) is 10.6. The van der Waals surface area contributed by atoms with Gasteiger partial charge in [0.15, 0.2) is 0 Å². The van der Waals surface area contributed by atoms with Gasteiger partial charge in [0.1, 0.15) is 6.10 Å². The first kappa shape index (κ1) is 11.7. The van der Waals surface area contributed by atoms with Crippen molar-refractivity contribution in [1.29, 1.82) is 0 Å². The van der Waals surface area contributed by atoms with E-state index in [9.17, 15) is 0 Å². The molecule has 2 atom stereocenters. The number of fused-ring (bicyclic) bond motifs is 1. The van der Waals surface area contributed by atoms with Gasteiger partial charge in [-0.05, 0) is 28.8 Å². The lowest BCUT2D eigenvalue weighted by Gasteiger charge is -2.16. The molecule has 0 radical (unpaired) electrons. The van der Waals surface area contributed by atoms with E-state index in [-0.39, 0.29) is 6.10 Å². The van der Waals surface area contributed by atoms with E-state index in [0.717, 1.165) is 13.0 Å². The van der Waals surface area contributed by atoms with Crippen LogP contribution in [0.4, 0.5) is 0 Å². The van der Waals surface area contributed by atoms with Crippen molar-refractivity contribution in [1.82, 2.24) is 0 Å².